The third-order valence-electron chi connectivity index (χ3n) is 7.53. The number of hydrogen-bond acceptors (Lipinski definition) is 2. The van der Waals surface area contributed by atoms with E-state index in [2.05, 4.69) is 31.4 Å². The van der Waals surface area contributed by atoms with Gasteiger partial charge in [0.2, 0.25) is 0 Å². The van der Waals surface area contributed by atoms with E-state index in [-0.39, 0.29) is 0 Å². The maximum atomic E-state index is 5.96. The fraction of sp³-hybridized carbons (Fsp3) is 0.615. The van der Waals surface area contributed by atoms with Gasteiger partial charge in [-0.2, -0.15) is 0 Å². The van der Waals surface area contributed by atoms with Crippen LogP contribution in [-0.2, 0) is 17.6 Å². The summed E-state index contributed by atoms with van der Waals surface area (Å²) in [6, 6.07) is 6.72. The van der Waals surface area contributed by atoms with E-state index in [0.29, 0.717) is 19.3 Å². The lowest BCUT2D eigenvalue weighted by molar-refractivity contribution is -0.0137. The van der Waals surface area contributed by atoms with E-state index in [1.54, 1.807) is 5.56 Å². The van der Waals surface area contributed by atoms with Crippen LogP contribution in [0.2, 0.25) is 0 Å². The van der Waals surface area contributed by atoms with Crippen LogP contribution in [0.25, 0.3) is 0 Å². The fourth-order valence-corrected chi connectivity index (χ4v) is 6.07. The Kier molecular flexibility index (Phi) is 6.57. The van der Waals surface area contributed by atoms with Gasteiger partial charge in [0, 0.05) is 0 Å². The first kappa shape index (κ1) is 19.8. The van der Waals surface area contributed by atoms with Gasteiger partial charge in [0.25, 0.3) is 0 Å². The molecule has 2 saturated carbocycles. The number of fused-ring (bicyclic) bond motifs is 2. The molecule has 1 aromatic rings. The molecule has 5 atom stereocenters. The number of aryl methyl sites for hydroxylation is 1. The first-order valence-electron chi connectivity index (χ1n) is 11.3. The van der Waals surface area contributed by atoms with Crippen LogP contribution in [0.1, 0.15) is 56.1 Å². The van der Waals surface area contributed by atoms with Gasteiger partial charge in [0.1, 0.15) is 12.4 Å². The lowest BCUT2D eigenvalue weighted by Gasteiger charge is -2.44. The molecule has 0 N–H and O–H groups in total. The van der Waals surface area contributed by atoms with E-state index in [1.807, 2.05) is 12.2 Å². The summed E-state index contributed by atoms with van der Waals surface area (Å²) in [5.74, 6) is 4.64. The molecule has 0 radical (unpaired) electrons. The van der Waals surface area contributed by atoms with Crippen LogP contribution in [0.5, 0.6) is 5.75 Å². The monoisotopic (exact) mass is 380 g/mol. The van der Waals surface area contributed by atoms with Crippen molar-refractivity contribution in [1.82, 2.24) is 0 Å². The average molecular weight is 381 g/mol. The normalized spacial score (nSPS) is 32.1. The molecule has 0 aromatic heterocycles. The van der Waals surface area contributed by atoms with Gasteiger partial charge in [-0.25, -0.2) is 0 Å². The van der Waals surface area contributed by atoms with Crippen molar-refractivity contribution in [2.75, 3.05) is 13.2 Å². The third kappa shape index (κ3) is 4.54. The number of ether oxygens (including phenoxy) is 2. The molecule has 3 aliphatic carbocycles. The number of hydrogen-bond donors (Lipinski definition) is 0. The smallest absolute Gasteiger partial charge is 0.120 e. The van der Waals surface area contributed by atoms with Gasteiger partial charge in [0.15, 0.2) is 0 Å². The lowest BCUT2D eigenvalue weighted by atomic mass is 9.62. The van der Waals surface area contributed by atoms with E-state index in [1.165, 1.54) is 63.4 Å². The quantitative estimate of drug-likeness (QED) is 0.529. The Morgan fingerprint density at radius 1 is 0.821 bits per heavy atom. The Hall–Kier alpha value is -1.54. The van der Waals surface area contributed by atoms with Crippen molar-refractivity contribution in [2.45, 2.75) is 63.9 Å². The predicted molar refractivity (Wildman–Crippen MR) is 116 cm³/mol. The van der Waals surface area contributed by atoms with Gasteiger partial charge in [-0.05, 0) is 105 Å². The van der Waals surface area contributed by atoms with Gasteiger partial charge in [-0.1, -0.05) is 24.8 Å². The van der Waals surface area contributed by atoms with Crippen LogP contribution in [-0.4, -0.2) is 19.3 Å². The first-order chi connectivity index (χ1) is 13.8. The standard InChI is InChI=1S/C26H36O2/c1-3-13-27-25-11-9-21-15-19(5-7-23(21)17-25)20-6-8-24-18-26(28-14-4-2)12-10-22(24)16-20/h3-4,9,11,17,19-20,22,24,26H,1-2,5-8,10,12-16,18H2. The molecule has 2 nitrogen and oxygen atoms in total. The lowest BCUT2D eigenvalue weighted by Crippen LogP contribution is -2.37. The summed E-state index contributed by atoms with van der Waals surface area (Å²) in [5, 5.41) is 0. The first-order valence-corrected chi connectivity index (χ1v) is 11.3. The van der Waals surface area contributed by atoms with E-state index in [9.17, 15) is 0 Å². The van der Waals surface area contributed by atoms with Crippen molar-refractivity contribution in [3.8, 4) is 5.75 Å². The van der Waals surface area contributed by atoms with Crippen molar-refractivity contribution in [1.29, 1.82) is 0 Å². The van der Waals surface area contributed by atoms with Crippen LogP contribution in [0.3, 0.4) is 0 Å². The maximum absolute atomic E-state index is 5.96. The molecule has 1 aromatic carbocycles. The highest BCUT2D eigenvalue weighted by Gasteiger charge is 2.38. The van der Waals surface area contributed by atoms with Gasteiger partial charge >= 0.3 is 0 Å². The summed E-state index contributed by atoms with van der Waals surface area (Å²) >= 11 is 0. The number of benzene rings is 1. The second-order valence-electron chi connectivity index (χ2n) is 9.18. The molecule has 0 amide bonds. The van der Waals surface area contributed by atoms with E-state index >= 15 is 0 Å². The molecule has 0 spiro atoms. The number of rotatable bonds is 7. The molecule has 0 heterocycles. The molecule has 3 aliphatic rings. The van der Waals surface area contributed by atoms with Crippen LogP contribution < -0.4 is 4.74 Å². The Morgan fingerprint density at radius 3 is 2.39 bits per heavy atom. The second kappa shape index (κ2) is 9.31. The van der Waals surface area contributed by atoms with Gasteiger partial charge in [0.05, 0.1) is 12.7 Å². The highest BCUT2D eigenvalue weighted by atomic mass is 16.5. The van der Waals surface area contributed by atoms with Crippen LogP contribution in [0, 0.1) is 23.7 Å². The van der Waals surface area contributed by atoms with E-state index < -0.39 is 0 Å². The molecular formula is C26H36O2. The largest absolute Gasteiger partial charge is 0.490 e. The molecule has 4 rings (SSSR count). The minimum Gasteiger partial charge on any atom is -0.490 e. The van der Waals surface area contributed by atoms with Crippen molar-refractivity contribution < 1.29 is 9.47 Å². The zero-order valence-corrected chi connectivity index (χ0v) is 17.3. The van der Waals surface area contributed by atoms with Gasteiger partial charge in [-0.15, -0.1) is 6.58 Å². The Labute approximate surface area is 171 Å². The van der Waals surface area contributed by atoms with Crippen molar-refractivity contribution >= 4 is 0 Å². The van der Waals surface area contributed by atoms with Gasteiger partial charge < -0.3 is 9.47 Å². The molecule has 0 saturated heterocycles. The highest BCUT2D eigenvalue weighted by molar-refractivity contribution is 5.37. The maximum Gasteiger partial charge on any atom is 0.120 e. The Bertz CT molecular complexity index is 679. The highest BCUT2D eigenvalue weighted by Crippen LogP contribution is 2.47. The molecule has 2 heteroatoms. The molecule has 0 aliphatic heterocycles. The summed E-state index contributed by atoms with van der Waals surface area (Å²) in [4.78, 5) is 0. The fourth-order valence-electron chi connectivity index (χ4n) is 6.07. The average Bonchev–Trinajstić information content (AvgIpc) is 2.75. The molecule has 0 bridgehead atoms. The summed E-state index contributed by atoms with van der Waals surface area (Å²) in [5.41, 5.74) is 3.07. The van der Waals surface area contributed by atoms with Crippen molar-refractivity contribution in [2.24, 2.45) is 23.7 Å². The van der Waals surface area contributed by atoms with Crippen LogP contribution in [0.4, 0.5) is 0 Å². The minimum atomic E-state index is 0.481. The third-order valence-corrected chi connectivity index (χ3v) is 7.53. The van der Waals surface area contributed by atoms with Crippen molar-refractivity contribution in [3.63, 3.8) is 0 Å². The molecule has 28 heavy (non-hydrogen) atoms. The summed E-state index contributed by atoms with van der Waals surface area (Å²) < 4.78 is 11.7. The van der Waals surface area contributed by atoms with Crippen LogP contribution >= 0.6 is 0 Å². The summed E-state index contributed by atoms with van der Waals surface area (Å²) in [7, 11) is 0. The zero-order valence-electron chi connectivity index (χ0n) is 17.3. The van der Waals surface area contributed by atoms with E-state index in [0.717, 1.165) is 29.4 Å². The topological polar surface area (TPSA) is 18.5 Å². The molecule has 152 valence electrons. The van der Waals surface area contributed by atoms with Gasteiger partial charge in [-0.3, -0.25) is 0 Å². The summed E-state index contributed by atoms with van der Waals surface area (Å²) in [6.45, 7) is 8.82. The van der Waals surface area contributed by atoms with Crippen LogP contribution in [0.15, 0.2) is 43.5 Å². The minimum absolute atomic E-state index is 0.481. The van der Waals surface area contributed by atoms with E-state index in [4.69, 9.17) is 9.47 Å². The second-order valence-corrected chi connectivity index (χ2v) is 9.18. The summed E-state index contributed by atoms with van der Waals surface area (Å²) in [6.07, 6.45) is 16.2. The molecule has 2 fully saturated rings. The zero-order chi connectivity index (χ0) is 19.3. The Balaban J connectivity index is 1.32. The molecule has 5 unspecified atom stereocenters. The predicted octanol–water partition coefficient (Wildman–Crippen LogP) is 6.14. The Morgan fingerprint density at radius 2 is 1.57 bits per heavy atom. The van der Waals surface area contributed by atoms with Crippen molar-refractivity contribution in [3.05, 3.63) is 54.6 Å². The SMILES string of the molecule is C=CCOc1ccc2c(c1)CCC(C1CCC3CC(OCC=C)CCC3C1)C2. The molecular weight excluding hydrogens is 344 g/mol.